The molecule has 1 aliphatic rings. The fourth-order valence-corrected chi connectivity index (χ4v) is 4.65. The van der Waals surface area contributed by atoms with Crippen LogP contribution < -0.4 is 10.5 Å². The summed E-state index contributed by atoms with van der Waals surface area (Å²) in [5, 5.41) is 10.9. The first-order valence-electron chi connectivity index (χ1n) is 11.3. The summed E-state index contributed by atoms with van der Waals surface area (Å²) in [6.07, 6.45) is 0. The average Bonchev–Trinajstić information content (AvgIpc) is 2.83. The maximum atomic E-state index is 15.0. The van der Waals surface area contributed by atoms with Crippen LogP contribution >= 0.6 is 0 Å². The van der Waals surface area contributed by atoms with Gasteiger partial charge in [0.25, 0.3) is 5.56 Å². The average molecular weight is 470 g/mol. The number of hydrogen-bond donors (Lipinski definition) is 1. The molecule has 1 atom stereocenters. The van der Waals surface area contributed by atoms with E-state index in [1.165, 1.54) is 18.2 Å². The molecule has 0 unspecified atom stereocenters. The van der Waals surface area contributed by atoms with E-state index in [0.717, 1.165) is 0 Å². The standard InChI is InChI=1S/C26H29F2N3O3/c1-18-17-23(32)24(26(33)31(18)15-16-34-2)25(19-7-3-4-8-20(19)27)30-13-11-29(12-14-30)22-10-6-5-9-21(22)28/h3-10,17,25,32H,11-16H2,1-2H3/t25-/m1/s1. The lowest BCUT2D eigenvalue weighted by atomic mass is 9.95. The highest BCUT2D eigenvalue weighted by Gasteiger charge is 2.33. The van der Waals surface area contributed by atoms with Crippen LogP contribution in [0, 0.1) is 18.6 Å². The number of nitrogens with zero attached hydrogens (tertiary/aromatic N) is 3. The maximum absolute atomic E-state index is 15.0. The van der Waals surface area contributed by atoms with Crippen LogP contribution in [0.4, 0.5) is 14.5 Å². The molecule has 3 aromatic rings. The van der Waals surface area contributed by atoms with E-state index in [1.54, 1.807) is 55.0 Å². The number of methoxy groups -OCH3 is 1. The van der Waals surface area contributed by atoms with Gasteiger partial charge in [-0.2, -0.15) is 0 Å². The highest BCUT2D eigenvalue weighted by Crippen LogP contribution is 2.35. The van der Waals surface area contributed by atoms with Crippen molar-refractivity contribution in [3.63, 3.8) is 0 Å². The summed E-state index contributed by atoms with van der Waals surface area (Å²) >= 11 is 0. The number of hydrogen-bond acceptors (Lipinski definition) is 5. The van der Waals surface area contributed by atoms with E-state index in [9.17, 15) is 14.3 Å². The fourth-order valence-electron chi connectivity index (χ4n) is 4.65. The third kappa shape index (κ3) is 4.69. The summed E-state index contributed by atoms with van der Waals surface area (Å²) in [6, 6.07) is 13.7. The first kappa shape index (κ1) is 23.9. The Morgan fingerprint density at radius 1 is 1.00 bits per heavy atom. The number of aryl methyl sites for hydroxylation is 1. The van der Waals surface area contributed by atoms with Gasteiger partial charge in [-0.1, -0.05) is 30.3 Å². The minimum Gasteiger partial charge on any atom is -0.507 e. The third-order valence-corrected chi connectivity index (χ3v) is 6.39. The molecular formula is C26H29F2N3O3. The van der Waals surface area contributed by atoms with Crippen molar-refractivity contribution in [2.45, 2.75) is 19.5 Å². The molecule has 0 aliphatic carbocycles. The van der Waals surface area contributed by atoms with Crippen LogP contribution in [0.3, 0.4) is 0 Å². The Kier molecular flexibility index (Phi) is 7.29. The maximum Gasteiger partial charge on any atom is 0.259 e. The second kappa shape index (κ2) is 10.4. The van der Waals surface area contributed by atoms with Crippen molar-refractivity contribution in [1.29, 1.82) is 0 Å². The normalized spacial score (nSPS) is 15.5. The van der Waals surface area contributed by atoms with Crippen molar-refractivity contribution in [3.8, 4) is 5.75 Å². The van der Waals surface area contributed by atoms with E-state index in [4.69, 9.17) is 4.74 Å². The van der Waals surface area contributed by atoms with Gasteiger partial charge in [-0.25, -0.2) is 8.78 Å². The highest BCUT2D eigenvalue weighted by atomic mass is 19.1. The Balaban J connectivity index is 1.74. The Hall–Kier alpha value is -3.23. The number of para-hydroxylation sites is 1. The topological polar surface area (TPSA) is 57.9 Å². The zero-order valence-corrected chi connectivity index (χ0v) is 19.4. The van der Waals surface area contributed by atoms with E-state index in [2.05, 4.69) is 0 Å². The Labute approximate surface area is 197 Å². The number of piperazine rings is 1. The number of pyridine rings is 1. The van der Waals surface area contributed by atoms with E-state index < -0.39 is 11.9 Å². The van der Waals surface area contributed by atoms with Crippen molar-refractivity contribution in [1.82, 2.24) is 9.47 Å². The van der Waals surface area contributed by atoms with Crippen LogP contribution in [-0.2, 0) is 11.3 Å². The highest BCUT2D eigenvalue weighted by molar-refractivity contribution is 5.48. The summed E-state index contributed by atoms with van der Waals surface area (Å²) in [5.41, 5.74) is 1.19. The molecule has 1 N–H and O–H groups in total. The first-order chi connectivity index (χ1) is 16.4. The molecule has 1 aliphatic heterocycles. The van der Waals surface area contributed by atoms with Crippen molar-refractivity contribution in [2.75, 3.05) is 44.8 Å². The molecule has 0 bridgehead atoms. The van der Waals surface area contributed by atoms with Gasteiger partial charge in [0, 0.05) is 51.1 Å². The van der Waals surface area contributed by atoms with Gasteiger partial charge in [0.2, 0.25) is 0 Å². The Morgan fingerprint density at radius 2 is 1.65 bits per heavy atom. The van der Waals surface area contributed by atoms with Gasteiger partial charge in [0.15, 0.2) is 0 Å². The molecule has 0 amide bonds. The van der Waals surface area contributed by atoms with Crippen LogP contribution in [0.15, 0.2) is 59.4 Å². The van der Waals surface area contributed by atoms with Crippen molar-refractivity contribution in [3.05, 3.63) is 93.4 Å². The van der Waals surface area contributed by atoms with Crippen LogP contribution in [0.1, 0.15) is 22.9 Å². The summed E-state index contributed by atoms with van der Waals surface area (Å²) in [5.74, 6) is -0.911. The summed E-state index contributed by atoms with van der Waals surface area (Å²) in [4.78, 5) is 17.5. The van der Waals surface area contributed by atoms with Crippen LogP contribution in [0.2, 0.25) is 0 Å². The largest absolute Gasteiger partial charge is 0.507 e. The molecule has 0 saturated carbocycles. The van der Waals surface area contributed by atoms with Gasteiger partial charge in [-0.05, 0) is 31.2 Å². The fraction of sp³-hybridized carbons (Fsp3) is 0.346. The summed E-state index contributed by atoms with van der Waals surface area (Å²) < 4.78 is 36.0. The van der Waals surface area contributed by atoms with Crippen molar-refractivity contribution < 1.29 is 18.6 Å². The number of rotatable bonds is 7. The molecule has 4 rings (SSSR count). The SMILES string of the molecule is COCCn1c(C)cc(O)c([C@@H](c2ccccc2F)N2CCN(c3ccccc3F)CC2)c1=O. The molecule has 8 heteroatoms. The molecule has 0 radical (unpaired) electrons. The molecule has 0 spiro atoms. The monoisotopic (exact) mass is 469 g/mol. The van der Waals surface area contributed by atoms with Gasteiger partial charge in [-0.3, -0.25) is 9.69 Å². The van der Waals surface area contributed by atoms with E-state index >= 15 is 4.39 Å². The second-order valence-electron chi connectivity index (χ2n) is 8.43. The first-order valence-corrected chi connectivity index (χ1v) is 11.3. The predicted molar refractivity (Wildman–Crippen MR) is 127 cm³/mol. The van der Waals surface area contributed by atoms with Crippen molar-refractivity contribution in [2.24, 2.45) is 0 Å². The van der Waals surface area contributed by atoms with Crippen LogP contribution in [0.25, 0.3) is 0 Å². The molecule has 6 nitrogen and oxygen atoms in total. The molecule has 2 aromatic carbocycles. The smallest absolute Gasteiger partial charge is 0.259 e. The minimum absolute atomic E-state index is 0.131. The van der Waals surface area contributed by atoms with Crippen LogP contribution in [-0.4, -0.2) is 54.5 Å². The Morgan fingerprint density at radius 3 is 2.29 bits per heavy atom. The van der Waals surface area contributed by atoms with Crippen LogP contribution in [0.5, 0.6) is 5.75 Å². The van der Waals surface area contributed by atoms with Gasteiger partial charge >= 0.3 is 0 Å². The molecule has 34 heavy (non-hydrogen) atoms. The molecular weight excluding hydrogens is 440 g/mol. The van der Waals surface area contributed by atoms with Gasteiger partial charge in [0.05, 0.1) is 23.9 Å². The van der Waals surface area contributed by atoms with E-state index in [1.807, 2.05) is 9.80 Å². The second-order valence-corrected chi connectivity index (χ2v) is 8.43. The minimum atomic E-state index is -0.786. The molecule has 1 aromatic heterocycles. The quantitative estimate of drug-likeness (QED) is 0.572. The molecule has 2 heterocycles. The lowest BCUT2D eigenvalue weighted by molar-refractivity contribution is 0.183. The summed E-state index contributed by atoms with van der Waals surface area (Å²) in [6.45, 7) is 4.30. The summed E-state index contributed by atoms with van der Waals surface area (Å²) in [7, 11) is 1.55. The molecule has 1 saturated heterocycles. The van der Waals surface area contributed by atoms with Gasteiger partial charge in [0.1, 0.15) is 17.4 Å². The number of benzene rings is 2. The van der Waals surface area contributed by atoms with E-state index in [-0.39, 0.29) is 22.7 Å². The van der Waals surface area contributed by atoms with Gasteiger partial charge < -0.3 is 19.3 Å². The molecule has 180 valence electrons. The third-order valence-electron chi connectivity index (χ3n) is 6.39. The predicted octanol–water partition coefficient (Wildman–Crippen LogP) is 3.70. The van der Waals surface area contributed by atoms with E-state index in [0.29, 0.717) is 56.3 Å². The van der Waals surface area contributed by atoms with Gasteiger partial charge in [-0.15, -0.1) is 0 Å². The zero-order valence-electron chi connectivity index (χ0n) is 19.4. The zero-order chi connectivity index (χ0) is 24.2. The number of ether oxygens (including phenoxy) is 1. The lowest BCUT2D eigenvalue weighted by Crippen LogP contribution is -2.49. The number of aromatic nitrogens is 1. The lowest BCUT2D eigenvalue weighted by Gasteiger charge is -2.40. The van der Waals surface area contributed by atoms with Crippen molar-refractivity contribution >= 4 is 5.69 Å². The number of halogens is 2. The molecule has 1 fully saturated rings. The number of anilines is 1. The number of aromatic hydroxyl groups is 1. The Bertz CT molecular complexity index is 1210.